The van der Waals surface area contributed by atoms with Gasteiger partial charge in [0.25, 0.3) is 0 Å². The summed E-state index contributed by atoms with van der Waals surface area (Å²) in [6.07, 6.45) is 72.4. The summed E-state index contributed by atoms with van der Waals surface area (Å²) >= 11 is 0. The maximum Gasteiger partial charge on any atom is 0.472 e. The number of phosphoric acid groups is 2. The highest BCUT2D eigenvalue weighted by Gasteiger charge is 2.31. The first kappa shape index (κ1) is 107. The first-order valence-electron chi connectivity index (χ1n) is 46.3. The van der Waals surface area contributed by atoms with Gasteiger partial charge in [-0.2, -0.15) is 0 Å². The molecule has 0 aliphatic rings. The number of phosphoric ester groups is 2. The van der Waals surface area contributed by atoms with Crippen molar-refractivity contribution in [2.45, 2.75) is 497 Å². The fourth-order valence-corrected chi connectivity index (χ4v) is 15.7. The van der Waals surface area contributed by atoms with Gasteiger partial charge in [-0.1, -0.05) is 427 Å². The van der Waals surface area contributed by atoms with Crippen molar-refractivity contribution >= 4 is 39.5 Å². The fraction of sp³-hybridized carbons (Fsp3) is 0.956. The monoisotopic (exact) mass is 1590 g/mol. The first-order chi connectivity index (χ1) is 52.7. The summed E-state index contributed by atoms with van der Waals surface area (Å²) < 4.78 is 69.0. The molecule has 0 saturated heterocycles. The quantitative estimate of drug-likeness (QED) is 0.0222. The van der Waals surface area contributed by atoms with Crippen molar-refractivity contribution in [1.29, 1.82) is 0 Å². The molecule has 3 N–H and O–H groups in total. The molecular formula is C90H176O17P2. The van der Waals surface area contributed by atoms with E-state index in [1.807, 2.05) is 0 Å². The molecule has 19 heteroatoms. The highest BCUT2D eigenvalue weighted by atomic mass is 31.2. The molecule has 0 aromatic rings. The van der Waals surface area contributed by atoms with Crippen LogP contribution < -0.4 is 0 Å². The van der Waals surface area contributed by atoms with Crippen molar-refractivity contribution in [3.63, 3.8) is 0 Å². The van der Waals surface area contributed by atoms with Crippen molar-refractivity contribution in [3.05, 3.63) is 0 Å². The van der Waals surface area contributed by atoms with Gasteiger partial charge in [0.2, 0.25) is 0 Å². The molecule has 0 radical (unpaired) electrons. The Morgan fingerprint density at radius 2 is 0.422 bits per heavy atom. The predicted molar refractivity (Wildman–Crippen MR) is 451 cm³/mol. The van der Waals surface area contributed by atoms with E-state index in [0.717, 1.165) is 108 Å². The number of carbonyl (C=O) groups excluding carboxylic acids is 4. The molecule has 17 nitrogen and oxygen atoms in total. The van der Waals surface area contributed by atoms with Crippen LogP contribution in [0, 0.1) is 17.8 Å². The van der Waals surface area contributed by atoms with Crippen LogP contribution in [-0.4, -0.2) is 96.7 Å². The van der Waals surface area contributed by atoms with Gasteiger partial charge >= 0.3 is 39.5 Å². The van der Waals surface area contributed by atoms with E-state index in [4.69, 9.17) is 37.0 Å². The average molecular weight is 1590 g/mol. The van der Waals surface area contributed by atoms with Crippen LogP contribution in [0.2, 0.25) is 0 Å². The summed E-state index contributed by atoms with van der Waals surface area (Å²) in [6, 6.07) is 0. The zero-order chi connectivity index (χ0) is 80.0. The smallest absolute Gasteiger partial charge is 0.462 e. The number of aliphatic hydroxyl groups is 1. The SMILES string of the molecule is CCCCCCCCCCCCCCCCCCCCCCCCC(=O)O[C@H](COC(=O)CCCCCCCCCCCCCCCCCCCCC(C)C)COP(=O)(O)OC[C@@H](O)COP(=O)(O)OC[C@@H](COC(=O)CCCCCCCCCCCCC(C)C)OC(=O)CCCCCCCCCCCCC(C)C. The molecule has 0 saturated carbocycles. The van der Waals surface area contributed by atoms with Gasteiger partial charge in [0.1, 0.15) is 19.3 Å². The van der Waals surface area contributed by atoms with E-state index < -0.39 is 97.5 Å². The second-order valence-electron chi connectivity index (χ2n) is 33.8. The predicted octanol–water partition coefficient (Wildman–Crippen LogP) is 27.6. The lowest BCUT2D eigenvalue weighted by Crippen LogP contribution is -2.30. The van der Waals surface area contributed by atoms with Crippen LogP contribution in [0.1, 0.15) is 479 Å². The highest BCUT2D eigenvalue weighted by Crippen LogP contribution is 2.45. The Labute approximate surface area is 670 Å². The Hall–Kier alpha value is -1.94. The number of hydrogen-bond acceptors (Lipinski definition) is 15. The van der Waals surface area contributed by atoms with Crippen molar-refractivity contribution in [2.24, 2.45) is 17.8 Å². The normalized spacial score (nSPS) is 13.8. The lowest BCUT2D eigenvalue weighted by molar-refractivity contribution is -0.161. The molecule has 0 spiro atoms. The van der Waals surface area contributed by atoms with Crippen LogP contribution in [0.4, 0.5) is 0 Å². The molecule has 0 aliphatic carbocycles. The highest BCUT2D eigenvalue weighted by molar-refractivity contribution is 7.47. The molecule has 0 aromatic heterocycles. The van der Waals surface area contributed by atoms with Crippen molar-refractivity contribution in [2.75, 3.05) is 39.6 Å². The fourth-order valence-electron chi connectivity index (χ4n) is 14.1. The Morgan fingerprint density at radius 1 is 0.248 bits per heavy atom. The molecule has 5 atom stereocenters. The van der Waals surface area contributed by atoms with Crippen LogP contribution >= 0.6 is 15.6 Å². The molecule has 0 rings (SSSR count). The molecule has 0 fully saturated rings. The van der Waals surface area contributed by atoms with E-state index in [1.165, 1.54) is 289 Å². The van der Waals surface area contributed by atoms with Crippen LogP contribution in [0.25, 0.3) is 0 Å². The van der Waals surface area contributed by atoms with Crippen LogP contribution in [0.5, 0.6) is 0 Å². The van der Waals surface area contributed by atoms with E-state index in [9.17, 15) is 43.2 Å². The molecular weight excluding hydrogens is 1410 g/mol. The third-order valence-corrected chi connectivity index (χ3v) is 23.0. The number of rotatable bonds is 88. The van der Waals surface area contributed by atoms with E-state index >= 15 is 0 Å². The Morgan fingerprint density at radius 3 is 0.624 bits per heavy atom. The van der Waals surface area contributed by atoms with Gasteiger partial charge in [0.15, 0.2) is 12.2 Å². The number of aliphatic hydroxyl groups excluding tert-OH is 1. The van der Waals surface area contributed by atoms with Crippen molar-refractivity contribution < 1.29 is 80.2 Å². The zero-order valence-corrected chi connectivity index (χ0v) is 73.8. The number of hydrogen-bond donors (Lipinski definition) is 3. The topological polar surface area (TPSA) is 237 Å². The molecule has 0 aromatic carbocycles. The van der Waals surface area contributed by atoms with Gasteiger partial charge < -0.3 is 33.8 Å². The molecule has 0 amide bonds. The maximum atomic E-state index is 13.2. The molecule has 0 bridgehead atoms. The summed E-state index contributed by atoms with van der Waals surface area (Å²) in [5.41, 5.74) is 0. The summed E-state index contributed by atoms with van der Waals surface area (Å²) in [5.74, 6) is 0.232. The number of ether oxygens (including phenoxy) is 4. The number of esters is 4. The summed E-state index contributed by atoms with van der Waals surface area (Å²) in [5, 5.41) is 10.7. The molecule has 0 heterocycles. The van der Waals surface area contributed by atoms with E-state index in [1.54, 1.807) is 0 Å². The minimum absolute atomic E-state index is 0.106. The Bertz CT molecular complexity index is 2100. The van der Waals surface area contributed by atoms with Gasteiger partial charge in [-0.05, 0) is 43.4 Å². The van der Waals surface area contributed by atoms with Crippen molar-refractivity contribution in [3.8, 4) is 0 Å². The Kier molecular flexibility index (Phi) is 78.5. The van der Waals surface area contributed by atoms with E-state index in [0.29, 0.717) is 25.7 Å². The second kappa shape index (κ2) is 79.9. The second-order valence-corrected chi connectivity index (χ2v) is 36.7. The Balaban J connectivity index is 5.23. The van der Waals surface area contributed by atoms with Gasteiger partial charge in [0.05, 0.1) is 26.4 Å². The summed E-state index contributed by atoms with van der Waals surface area (Å²) in [4.78, 5) is 73.4. The number of unbranched alkanes of at least 4 members (excludes halogenated alkanes) is 56. The van der Waals surface area contributed by atoms with Gasteiger partial charge in [0, 0.05) is 25.7 Å². The maximum absolute atomic E-state index is 13.2. The largest absolute Gasteiger partial charge is 0.472 e. The van der Waals surface area contributed by atoms with Crippen LogP contribution in [0.3, 0.4) is 0 Å². The van der Waals surface area contributed by atoms with Gasteiger partial charge in [-0.25, -0.2) is 9.13 Å². The van der Waals surface area contributed by atoms with Crippen LogP contribution in [-0.2, 0) is 65.4 Å². The molecule has 648 valence electrons. The summed E-state index contributed by atoms with van der Waals surface area (Å²) in [7, 11) is -9.93. The summed E-state index contributed by atoms with van der Waals surface area (Å²) in [6.45, 7) is 12.0. The minimum atomic E-state index is -4.97. The lowest BCUT2D eigenvalue weighted by Gasteiger charge is -2.21. The first-order valence-corrected chi connectivity index (χ1v) is 49.3. The molecule has 2 unspecified atom stereocenters. The standard InChI is InChI=1S/C90H176O17P2/c1-8-9-10-11-12-13-14-15-16-17-18-19-20-21-26-29-32-35-45-52-59-66-73-89(94)106-85(77-100-87(92)71-64-57-50-43-34-31-28-25-23-22-24-27-30-33-40-47-54-61-68-81(2)3)79-104-108(96,97)102-75-84(91)76-103-109(98,99)105-80-86(107-90(95)74-67-60-53-46-39-37-42-49-56-63-70-83(6)7)78-101-88(93)72-65-58-51-44-38-36-41-48-55-62-69-82(4)5/h81-86,91H,8-80H2,1-7H3,(H,96,97)(H,98,99)/t84-,85-,86-/m1/s1. The lowest BCUT2D eigenvalue weighted by atomic mass is 10.0. The van der Waals surface area contributed by atoms with Gasteiger partial charge in [-0.3, -0.25) is 37.3 Å². The average Bonchev–Trinajstić information content (AvgIpc) is 0.899. The molecule has 0 aliphatic heterocycles. The third kappa shape index (κ3) is 83.8. The zero-order valence-electron chi connectivity index (χ0n) is 72.0. The van der Waals surface area contributed by atoms with Crippen molar-refractivity contribution in [1.82, 2.24) is 0 Å². The van der Waals surface area contributed by atoms with Crippen LogP contribution in [0.15, 0.2) is 0 Å². The third-order valence-electron chi connectivity index (χ3n) is 21.1. The van der Waals surface area contributed by atoms with Gasteiger partial charge in [-0.15, -0.1) is 0 Å². The van der Waals surface area contributed by atoms with E-state index in [-0.39, 0.29) is 25.7 Å². The minimum Gasteiger partial charge on any atom is -0.462 e. The molecule has 109 heavy (non-hydrogen) atoms. The van der Waals surface area contributed by atoms with E-state index in [2.05, 4.69) is 48.5 Å². The number of carbonyl (C=O) groups is 4.